The summed E-state index contributed by atoms with van der Waals surface area (Å²) in [5, 5.41) is 2.04. The van der Waals surface area contributed by atoms with E-state index in [2.05, 4.69) is 6.07 Å². The number of thiophene rings is 1. The zero-order valence-electron chi connectivity index (χ0n) is 13.9. The van der Waals surface area contributed by atoms with Crippen LogP contribution in [0.2, 0.25) is 0 Å². The van der Waals surface area contributed by atoms with Crippen LogP contribution in [0.3, 0.4) is 0 Å². The van der Waals surface area contributed by atoms with Crippen LogP contribution >= 0.6 is 11.3 Å². The van der Waals surface area contributed by atoms with Crippen molar-refractivity contribution in [2.24, 2.45) is 0 Å². The zero-order valence-corrected chi connectivity index (χ0v) is 14.7. The summed E-state index contributed by atoms with van der Waals surface area (Å²) in [6, 6.07) is 10.0. The van der Waals surface area contributed by atoms with Gasteiger partial charge in [-0.15, -0.1) is 11.3 Å². The predicted octanol–water partition coefficient (Wildman–Crippen LogP) is 3.97. The molecule has 126 valence electrons. The summed E-state index contributed by atoms with van der Waals surface area (Å²) >= 11 is 1.69. The first kappa shape index (κ1) is 16.6. The summed E-state index contributed by atoms with van der Waals surface area (Å²) in [6.07, 6.45) is 5.65. The maximum Gasteiger partial charge on any atom is 0.247 e. The third kappa shape index (κ3) is 4.17. The van der Waals surface area contributed by atoms with Crippen molar-refractivity contribution in [1.29, 1.82) is 0 Å². The molecule has 0 atom stereocenters. The Labute approximate surface area is 146 Å². The molecule has 0 radical (unpaired) electrons. The van der Waals surface area contributed by atoms with Crippen molar-refractivity contribution in [3.63, 3.8) is 0 Å². The average molecular weight is 343 g/mol. The van der Waals surface area contributed by atoms with Crippen LogP contribution < -0.4 is 9.47 Å². The van der Waals surface area contributed by atoms with E-state index in [9.17, 15) is 4.79 Å². The van der Waals surface area contributed by atoms with Gasteiger partial charge in [0.25, 0.3) is 0 Å². The largest absolute Gasteiger partial charge is 0.497 e. The van der Waals surface area contributed by atoms with Gasteiger partial charge in [0.1, 0.15) is 11.5 Å². The van der Waals surface area contributed by atoms with E-state index in [-0.39, 0.29) is 5.91 Å². The highest BCUT2D eigenvalue weighted by Crippen LogP contribution is 2.30. The van der Waals surface area contributed by atoms with E-state index >= 15 is 0 Å². The van der Waals surface area contributed by atoms with Crippen molar-refractivity contribution in [3.8, 4) is 11.5 Å². The maximum atomic E-state index is 12.6. The Morgan fingerprint density at radius 2 is 1.96 bits per heavy atom. The molecule has 0 saturated heterocycles. The van der Waals surface area contributed by atoms with Crippen molar-refractivity contribution in [1.82, 2.24) is 4.90 Å². The first-order valence-electron chi connectivity index (χ1n) is 7.93. The molecule has 1 aliphatic carbocycles. The van der Waals surface area contributed by atoms with Crippen LogP contribution in [0.4, 0.5) is 0 Å². The van der Waals surface area contributed by atoms with E-state index in [1.54, 1.807) is 31.6 Å². The molecule has 1 saturated carbocycles. The van der Waals surface area contributed by atoms with Crippen LogP contribution in [-0.4, -0.2) is 31.1 Å². The zero-order chi connectivity index (χ0) is 16.9. The van der Waals surface area contributed by atoms with Crippen molar-refractivity contribution in [2.75, 3.05) is 14.2 Å². The molecule has 0 spiro atoms. The van der Waals surface area contributed by atoms with Crippen molar-refractivity contribution in [2.45, 2.75) is 25.4 Å². The van der Waals surface area contributed by atoms with E-state index in [0.717, 1.165) is 18.4 Å². The number of hydrogen-bond acceptors (Lipinski definition) is 4. The van der Waals surface area contributed by atoms with E-state index in [0.29, 0.717) is 24.1 Å². The summed E-state index contributed by atoms with van der Waals surface area (Å²) in [5.41, 5.74) is 0.881. The Morgan fingerprint density at radius 1 is 1.25 bits per heavy atom. The third-order valence-corrected chi connectivity index (χ3v) is 4.83. The molecule has 1 amide bonds. The lowest BCUT2D eigenvalue weighted by atomic mass is 10.2. The molecule has 0 aliphatic heterocycles. The summed E-state index contributed by atoms with van der Waals surface area (Å²) < 4.78 is 10.5. The molecule has 1 aromatic carbocycles. The van der Waals surface area contributed by atoms with Crippen LogP contribution in [0.15, 0.2) is 41.8 Å². The van der Waals surface area contributed by atoms with Gasteiger partial charge in [-0.2, -0.15) is 0 Å². The maximum absolute atomic E-state index is 12.6. The predicted molar refractivity (Wildman–Crippen MR) is 96.5 cm³/mol. The Bertz CT molecular complexity index is 698. The minimum atomic E-state index is 0.0488. The van der Waals surface area contributed by atoms with Gasteiger partial charge in [-0.05, 0) is 48.1 Å². The van der Waals surface area contributed by atoms with E-state index < -0.39 is 0 Å². The number of methoxy groups -OCH3 is 2. The van der Waals surface area contributed by atoms with Crippen LogP contribution in [0.1, 0.15) is 23.3 Å². The standard InChI is InChI=1S/C19H21NO3S/c1-22-16-10-14(11-17(12-16)23-2)5-8-19(21)20(15-6-7-15)13-18-4-3-9-24-18/h3-5,8-12,15H,6-7,13H2,1-2H3/b8-5+. The molecule has 5 heteroatoms. The Hall–Kier alpha value is -2.27. The smallest absolute Gasteiger partial charge is 0.247 e. The monoisotopic (exact) mass is 343 g/mol. The van der Waals surface area contributed by atoms with Crippen molar-refractivity contribution < 1.29 is 14.3 Å². The molecule has 1 heterocycles. The van der Waals surface area contributed by atoms with Crippen LogP contribution in [0.25, 0.3) is 6.08 Å². The summed E-state index contributed by atoms with van der Waals surface area (Å²) in [7, 11) is 3.23. The van der Waals surface area contributed by atoms with Crippen LogP contribution in [0.5, 0.6) is 11.5 Å². The number of benzene rings is 1. The fourth-order valence-corrected chi connectivity index (χ4v) is 3.24. The van der Waals surface area contributed by atoms with Gasteiger partial charge in [0, 0.05) is 23.1 Å². The normalized spacial score (nSPS) is 13.9. The van der Waals surface area contributed by atoms with Gasteiger partial charge in [-0.3, -0.25) is 4.79 Å². The van der Waals surface area contributed by atoms with E-state index in [4.69, 9.17) is 9.47 Å². The highest BCUT2D eigenvalue weighted by atomic mass is 32.1. The van der Waals surface area contributed by atoms with Gasteiger partial charge in [0.05, 0.1) is 20.8 Å². The number of carbonyl (C=O) groups is 1. The molecule has 0 N–H and O–H groups in total. The molecule has 2 aromatic rings. The van der Waals surface area contributed by atoms with Gasteiger partial charge >= 0.3 is 0 Å². The summed E-state index contributed by atoms with van der Waals surface area (Å²) in [4.78, 5) is 15.8. The summed E-state index contributed by atoms with van der Waals surface area (Å²) in [5.74, 6) is 1.46. The van der Waals surface area contributed by atoms with Crippen molar-refractivity contribution >= 4 is 23.3 Å². The first-order chi connectivity index (χ1) is 11.7. The topological polar surface area (TPSA) is 38.8 Å². The molecule has 4 nitrogen and oxygen atoms in total. The fourth-order valence-electron chi connectivity index (χ4n) is 2.53. The summed E-state index contributed by atoms with van der Waals surface area (Å²) in [6.45, 7) is 0.687. The molecule has 0 bridgehead atoms. The highest BCUT2D eigenvalue weighted by molar-refractivity contribution is 7.09. The van der Waals surface area contributed by atoms with Crippen LogP contribution in [0, 0.1) is 0 Å². The number of amides is 1. The molecule has 1 aromatic heterocycles. The highest BCUT2D eigenvalue weighted by Gasteiger charge is 2.31. The van der Waals surface area contributed by atoms with Gasteiger partial charge in [-0.1, -0.05) is 6.07 Å². The van der Waals surface area contributed by atoms with Crippen molar-refractivity contribution in [3.05, 3.63) is 52.2 Å². The quantitative estimate of drug-likeness (QED) is 0.714. The molecular weight excluding hydrogens is 322 g/mol. The second kappa shape index (κ2) is 7.53. The third-order valence-electron chi connectivity index (χ3n) is 3.97. The van der Waals surface area contributed by atoms with E-state index in [1.165, 1.54) is 4.88 Å². The Kier molecular flexibility index (Phi) is 5.20. The number of hydrogen-bond donors (Lipinski definition) is 0. The lowest BCUT2D eigenvalue weighted by Crippen LogP contribution is -2.30. The van der Waals surface area contributed by atoms with Gasteiger partial charge in [-0.25, -0.2) is 0 Å². The second-order valence-corrected chi connectivity index (χ2v) is 6.79. The van der Waals surface area contributed by atoms with Crippen LogP contribution in [-0.2, 0) is 11.3 Å². The molecule has 1 fully saturated rings. The Morgan fingerprint density at radius 3 is 2.50 bits per heavy atom. The fraction of sp³-hybridized carbons (Fsp3) is 0.316. The lowest BCUT2D eigenvalue weighted by molar-refractivity contribution is -0.127. The number of rotatable bonds is 7. The van der Waals surface area contributed by atoms with Gasteiger partial charge in [0.2, 0.25) is 5.91 Å². The number of carbonyl (C=O) groups excluding carboxylic acids is 1. The van der Waals surface area contributed by atoms with Gasteiger partial charge in [0.15, 0.2) is 0 Å². The number of nitrogens with zero attached hydrogens (tertiary/aromatic N) is 1. The minimum Gasteiger partial charge on any atom is -0.497 e. The molecular formula is C19H21NO3S. The average Bonchev–Trinajstić information content (AvgIpc) is 3.32. The van der Waals surface area contributed by atoms with E-state index in [1.807, 2.05) is 40.6 Å². The number of ether oxygens (including phenoxy) is 2. The molecule has 3 rings (SSSR count). The SMILES string of the molecule is COc1cc(/C=C/C(=O)N(Cc2cccs2)C2CC2)cc(OC)c1. The molecule has 0 unspecified atom stereocenters. The molecule has 1 aliphatic rings. The lowest BCUT2D eigenvalue weighted by Gasteiger charge is -2.20. The minimum absolute atomic E-state index is 0.0488. The Balaban J connectivity index is 1.73. The first-order valence-corrected chi connectivity index (χ1v) is 8.81. The molecule has 24 heavy (non-hydrogen) atoms. The van der Waals surface area contributed by atoms with Gasteiger partial charge < -0.3 is 14.4 Å². The second-order valence-electron chi connectivity index (χ2n) is 5.76.